The third-order valence-electron chi connectivity index (χ3n) is 9.24. The molecule has 1 saturated carbocycles. The van der Waals surface area contributed by atoms with Crippen molar-refractivity contribution in [2.24, 2.45) is 0 Å². The molecule has 6 rings (SSSR count). The molecule has 3 saturated heterocycles. The number of hydrogen-bond acceptors (Lipinski definition) is 6. The Morgan fingerprint density at radius 2 is 1.61 bits per heavy atom. The second kappa shape index (κ2) is 12.5. The van der Waals surface area contributed by atoms with E-state index < -0.39 is 41.4 Å². The average Bonchev–Trinajstić information content (AvgIpc) is 3.59. The highest BCUT2D eigenvalue weighted by atomic mass is 35.5. The lowest BCUT2D eigenvalue weighted by Crippen LogP contribution is -2.46. The molecular formula is C34H39ClF4N2O5. The number of alkyl halides is 3. The van der Waals surface area contributed by atoms with E-state index in [1.807, 2.05) is 0 Å². The van der Waals surface area contributed by atoms with Crippen LogP contribution in [0.25, 0.3) is 0 Å². The van der Waals surface area contributed by atoms with Gasteiger partial charge in [-0.05, 0) is 113 Å². The van der Waals surface area contributed by atoms with E-state index in [0.29, 0.717) is 38.8 Å². The number of ether oxygens (including phenoxy) is 3. The normalized spacial score (nSPS) is 25.1. The number of benzene rings is 2. The Kier molecular flexibility index (Phi) is 8.95. The van der Waals surface area contributed by atoms with E-state index in [4.69, 9.17) is 21.1 Å². The zero-order valence-corrected chi connectivity index (χ0v) is 26.9. The number of halogens is 5. The summed E-state index contributed by atoms with van der Waals surface area (Å²) in [5.41, 5.74) is 1.14. The monoisotopic (exact) mass is 666 g/mol. The number of carbonyl (C=O) groups is 2. The van der Waals surface area contributed by atoms with Gasteiger partial charge in [0, 0.05) is 36.3 Å². The number of hydrogen-bond donors (Lipinski definition) is 0. The van der Waals surface area contributed by atoms with Crippen molar-refractivity contribution in [2.75, 3.05) is 6.54 Å². The number of fused-ring (bicyclic) bond motifs is 2. The maximum absolute atomic E-state index is 15.8. The molecule has 4 fully saturated rings. The molecule has 3 heterocycles. The predicted octanol–water partition coefficient (Wildman–Crippen LogP) is 7.78. The van der Waals surface area contributed by atoms with Gasteiger partial charge in [0.2, 0.25) is 0 Å². The van der Waals surface area contributed by atoms with Gasteiger partial charge >= 0.3 is 12.3 Å². The van der Waals surface area contributed by atoms with Crippen molar-refractivity contribution in [1.82, 2.24) is 9.80 Å². The lowest BCUT2D eigenvalue weighted by Gasteiger charge is -2.39. The fraction of sp³-hybridized carbons (Fsp3) is 0.588. The van der Waals surface area contributed by atoms with Gasteiger partial charge in [0.05, 0.1) is 5.56 Å². The third-order valence-corrected chi connectivity index (χ3v) is 9.46. The average molecular weight is 667 g/mol. The molecule has 46 heavy (non-hydrogen) atoms. The molecule has 12 heteroatoms. The van der Waals surface area contributed by atoms with Gasteiger partial charge in [0.25, 0.3) is 5.91 Å². The van der Waals surface area contributed by atoms with Gasteiger partial charge in [-0.25, -0.2) is 9.18 Å². The number of piperidine rings is 1. The maximum Gasteiger partial charge on any atom is 0.573 e. The van der Waals surface area contributed by atoms with Crippen molar-refractivity contribution in [2.45, 2.75) is 121 Å². The number of rotatable bonds is 8. The van der Waals surface area contributed by atoms with Crippen LogP contribution in [0.5, 0.6) is 11.5 Å². The lowest BCUT2D eigenvalue weighted by molar-refractivity contribution is -0.274. The van der Waals surface area contributed by atoms with Crippen molar-refractivity contribution in [3.63, 3.8) is 0 Å². The van der Waals surface area contributed by atoms with E-state index in [9.17, 15) is 22.8 Å². The largest absolute Gasteiger partial charge is 0.573 e. The van der Waals surface area contributed by atoms with Gasteiger partial charge in [0.15, 0.2) is 0 Å². The SMILES string of the molecule is CC(C)(C)OC(=O)[C@@H]1CCCN1C(=O)c1cc(C2CC2)c(CN2[C@@H]3CC[C@H]2C[C@@H](Oc2cc(Cl)cc(OC(F)(F)F)c2)C3)cc1F. The lowest BCUT2D eigenvalue weighted by atomic mass is 9.95. The van der Waals surface area contributed by atoms with Crippen molar-refractivity contribution in [3.05, 3.63) is 57.9 Å². The molecule has 2 aromatic carbocycles. The Morgan fingerprint density at radius 1 is 0.935 bits per heavy atom. The topological polar surface area (TPSA) is 68.3 Å². The Morgan fingerprint density at radius 3 is 2.24 bits per heavy atom. The quantitative estimate of drug-likeness (QED) is 0.212. The van der Waals surface area contributed by atoms with Gasteiger partial charge in [0.1, 0.15) is 35.1 Å². The molecule has 0 N–H and O–H groups in total. The predicted molar refractivity (Wildman–Crippen MR) is 162 cm³/mol. The standard InChI is InChI=1S/C34H39ClF4N2O5/c1-33(2,3)46-32(43)30-5-4-10-40(30)31(42)28-17-27(19-6-7-19)20(11-29(28)36)18-41-22-8-9-23(41)15-25(14-22)44-24-12-21(35)13-26(16-24)45-34(37,38)39/h11-13,16-17,19,22-23,25,30H,4-10,14-15,18H2,1-3H3/t22-,23+,25+,30-/m0/s1. The Balaban J connectivity index is 1.15. The van der Waals surface area contributed by atoms with E-state index in [-0.39, 0.29) is 40.4 Å². The van der Waals surface area contributed by atoms with Crippen LogP contribution in [0.2, 0.25) is 5.02 Å². The van der Waals surface area contributed by atoms with Crippen LogP contribution in [-0.4, -0.2) is 64.4 Å². The first-order chi connectivity index (χ1) is 21.6. The van der Waals surface area contributed by atoms with Crippen LogP contribution in [0.3, 0.4) is 0 Å². The molecule has 3 aliphatic heterocycles. The number of nitrogens with zero attached hydrogens (tertiary/aromatic N) is 2. The summed E-state index contributed by atoms with van der Waals surface area (Å²) in [6.45, 7) is 6.24. The highest BCUT2D eigenvalue weighted by Crippen LogP contribution is 2.45. The first-order valence-electron chi connectivity index (χ1n) is 16.0. The van der Waals surface area contributed by atoms with Crippen molar-refractivity contribution < 1.29 is 41.4 Å². The summed E-state index contributed by atoms with van der Waals surface area (Å²) in [6, 6.07) is 6.54. The summed E-state index contributed by atoms with van der Waals surface area (Å²) in [7, 11) is 0. The van der Waals surface area contributed by atoms with Crippen LogP contribution in [0.15, 0.2) is 30.3 Å². The maximum atomic E-state index is 15.8. The molecule has 0 unspecified atom stereocenters. The zero-order chi connectivity index (χ0) is 33.0. The molecule has 2 bridgehead atoms. The number of amides is 1. The molecule has 2 aromatic rings. The van der Waals surface area contributed by atoms with Gasteiger partial charge < -0.3 is 19.1 Å². The second-order valence-corrected chi connectivity index (χ2v) is 14.4. The van der Waals surface area contributed by atoms with Gasteiger partial charge in [-0.1, -0.05) is 11.6 Å². The highest BCUT2D eigenvalue weighted by Gasteiger charge is 2.43. The molecule has 4 atom stereocenters. The number of carbonyl (C=O) groups excluding carboxylic acids is 2. The van der Waals surface area contributed by atoms with Crippen LogP contribution < -0.4 is 9.47 Å². The smallest absolute Gasteiger partial charge is 0.490 e. The van der Waals surface area contributed by atoms with E-state index in [2.05, 4.69) is 9.64 Å². The van der Waals surface area contributed by atoms with E-state index >= 15 is 4.39 Å². The fourth-order valence-corrected chi connectivity index (χ4v) is 7.47. The second-order valence-electron chi connectivity index (χ2n) is 13.9. The Bertz CT molecular complexity index is 1480. The molecule has 1 aliphatic carbocycles. The van der Waals surface area contributed by atoms with Crippen molar-refractivity contribution in [1.29, 1.82) is 0 Å². The summed E-state index contributed by atoms with van der Waals surface area (Å²) in [5.74, 6) is -1.50. The van der Waals surface area contributed by atoms with Crippen LogP contribution >= 0.6 is 11.6 Å². The van der Waals surface area contributed by atoms with Crippen LogP contribution in [0.1, 0.15) is 99.5 Å². The van der Waals surface area contributed by atoms with Gasteiger partial charge in [-0.3, -0.25) is 9.69 Å². The molecule has 4 aliphatic rings. The molecular weight excluding hydrogens is 628 g/mol. The molecule has 0 aromatic heterocycles. The van der Waals surface area contributed by atoms with E-state index in [0.717, 1.165) is 42.9 Å². The minimum absolute atomic E-state index is 0.00779. The first kappa shape index (κ1) is 32.9. The van der Waals surface area contributed by atoms with E-state index in [1.165, 1.54) is 23.1 Å². The Labute approximate surface area is 271 Å². The minimum atomic E-state index is -4.84. The molecule has 250 valence electrons. The Hall–Kier alpha value is -3.05. The summed E-state index contributed by atoms with van der Waals surface area (Å²) < 4.78 is 69.7. The molecule has 1 amide bonds. The van der Waals surface area contributed by atoms with Crippen LogP contribution in [0, 0.1) is 5.82 Å². The number of esters is 1. The van der Waals surface area contributed by atoms with Gasteiger partial charge in [-0.2, -0.15) is 0 Å². The molecule has 0 spiro atoms. The van der Waals surface area contributed by atoms with Crippen molar-refractivity contribution >= 4 is 23.5 Å². The summed E-state index contributed by atoms with van der Waals surface area (Å²) in [4.78, 5) is 30.3. The van der Waals surface area contributed by atoms with Crippen LogP contribution in [-0.2, 0) is 16.1 Å². The number of likely N-dealkylation sites (tertiary alicyclic amines) is 1. The molecule has 7 nitrogen and oxygen atoms in total. The van der Waals surface area contributed by atoms with E-state index in [1.54, 1.807) is 26.8 Å². The summed E-state index contributed by atoms with van der Waals surface area (Å²) in [5, 5.41) is 0.0822. The zero-order valence-electron chi connectivity index (χ0n) is 26.2. The summed E-state index contributed by atoms with van der Waals surface area (Å²) >= 11 is 6.04. The summed E-state index contributed by atoms with van der Waals surface area (Å²) in [6.07, 6.45) is 1.21. The van der Waals surface area contributed by atoms with Gasteiger partial charge in [-0.15, -0.1) is 13.2 Å². The minimum Gasteiger partial charge on any atom is -0.490 e. The molecule has 0 radical (unpaired) electrons. The van der Waals surface area contributed by atoms with Crippen LogP contribution in [0.4, 0.5) is 17.6 Å². The third kappa shape index (κ3) is 7.56. The first-order valence-corrected chi connectivity index (χ1v) is 16.4. The fourth-order valence-electron chi connectivity index (χ4n) is 7.25. The highest BCUT2D eigenvalue weighted by molar-refractivity contribution is 6.30. The van der Waals surface area contributed by atoms with Crippen molar-refractivity contribution in [3.8, 4) is 11.5 Å².